The lowest BCUT2D eigenvalue weighted by Gasteiger charge is -2.27. The molecule has 2 N–H and O–H groups in total. The number of carboxylic acid groups (broad SMARTS) is 1. The van der Waals surface area contributed by atoms with E-state index in [2.05, 4.69) is 0 Å². The van der Waals surface area contributed by atoms with Crippen LogP contribution < -0.4 is 0 Å². The Bertz CT molecular complexity index is 592. The average Bonchev–Trinajstić information content (AvgIpc) is 2.48. The van der Waals surface area contributed by atoms with Gasteiger partial charge in [-0.25, -0.2) is 0 Å². The molecule has 1 unspecified atom stereocenters. The monoisotopic (exact) mass is 270 g/mol. The molecule has 3 heteroatoms. The molecule has 0 fully saturated rings. The lowest BCUT2D eigenvalue weighted by Crippen LogP contribution is -2.35. The number of benzene rings is 2. The number of aliphatic carboxylic acids is 1. The third kappa shape index (κ3) is 2.73. The van der Waals surface area contributed by atoms with Crippen molar-refractivity contribution in [3.63, 3.8) is 0 Å². The Balaban J connectivity index is 2.47. The van der Waals surface area contributed by atoms with E-state index in [-0.39, 0.29) is 6.61 Å². The van der Waals surface area contributed by atoms with Crippen LogP contribution in [0.25, 0.3) is 0 Å². The first kappa shape index (κ1) is 14.3. The first-order valence-corrected chi connectivity index (χ1v) is 6.54. The molecule has 0 radical (unpaired) electrons. The van der Waals surface area contributed by atoms with E-state index in [0.29, 0.717) is 17.5 Å². The molecule has 0 aliphatic rings. The SMILES string of the molecule is CC(Cc1ccccc1)(C(=O)O)c1ccccc1CO. The van der Waals surface area contributed by atoms with Crippen molar-refractivity contribution in [1.29, 1.82) is 0 Å². The van der Waals surface area contributed by atoms with Gasteiger partial charge >= 0.3 is 5.97 Å². The minimum Gasteiger partial charge on any atom is -0.481 e. The van der Waals surface area contributed by atoms with Crippen molar-refractivity contribution >= 4 is 5.97 Å². The fourth-order valence-corrected chi connectivity index (χ4v) is 2.49. The summed E-state index contributed by atoms with van der Waals surface area (Å²) in [5.74, 6) is -0.887. The Morgan fingerprint density at radius 3 is 2.25 bits per heavy atom. The van der Waals surface area contributed by atoms with E-state index in [1.54, 1.807) is 31.2 Å². The van der Waals surface area contributed by atoms with E-state index in [0.717, 1.165) is 5.56 Å². The van der Waals surface area contributed by atoms with Crippen LogP contribution in [0.4, 0.5) is 0 Å². The van der Waals surface area contributed by atoms with Crippen molar-refractivity contribution in [3.05, 3.63) is 71.3 Å². The van der Waals surface area contributed by atoms with Crippen LogP contribution in [0.15, 0.2) is 54.6 Å². The highest BCUT2D eigenvalue weighted by Crippen LogP contribution is 2.31. The largest absolute Gasteiger partial charge is 0.481 e. The number of hydrogen-bond donors (Lipinski definition) is 2. The Morgan fingerprint density at radius 2 is 1.65 bits per heavy atom. The summed E-state index contributed by atoms with van der Waals surface area (Å²) in [6, 6.07) is 16.7. The highest BCUT2D eigenvalue weighted by molar-refractivity contribution is 5.82. The zero-order chi connectivity index (χ0) is 14.6. The summed E-state index contributed by atoms with van der Waals surface area (Å²) in [5.41, 5.74) is 1.23. The molecule has 2 aromatic rings. The standard InChI is InChI=1S/C17H18O3/c1-17(16(19)20,11-13-7-3-2-4-8-13)15-10-6-5-9-14(15)12-18/h2-10,18H,11-12H2,1H3,(H,19,20). The van der Waals surface area contributed by atoms with Crippen molar-refractivity contribution in [1.82, 2.24) is 0 Å². The van der Waals surface area contributed by atoms with Crippen LogP contribution in [-0.2, 0) is 23.2 Å². The average molecular weight is 270 g/mol. The lowest BCUT2D eigenvalue weighted by molar-refractivity contribution is -0.143. The maximum atomic E-state index is 11.8. The normalized spacial score (nSPS) is 13.7. The quantitative estimate of drug-likeness (QED) is 0.878. The van der Waals surface area contributed by atoms with Gasteiger partial charge in [0.25, 0.3) is 0 Å². The summed E-state index contributed by atoms with van der Waals surface area (Å²) >= 11 is 0. The van der Waals surface area contributed by atoms with Crippen LogP contribution in [0.1, 0.15) is 23.6 Å². The molecule has 0 amide bonds. The van der Waals surface area contributed by atoms with Crippen molar-refractivity contribution in [2.75, 3.05) is 0 Å². The summed E-state index contributed by atoms with van der Waals surface area (Å²) in [5, 5.41) is 19.1. The minimum absolute atomic E-state index is 0.159. The van der Waals surface area contributed by atoms with E-state index in [4.69, 9.17) is 0 Å². The van der Waals surface area contributed by atoms with E-state index in [9.17, 15) is 15.0 Å². The minimum atomic E-state index is -1.05. The molecule has 0 aliphatic carbocycles. The molecule has 0 saturated heterocycles. The second kappa shape index (κ2) is 5.88. The highest BCUT2D eigenvalue weighted by Gasteiger charge is 2.36. The lowest BCUT2D eigenvalue weighted by atomic mass is 9.75. The van der Waals surface area contributed by atoms with E-state index in [1.165, 1.54) is 0 Å². The first-order chi connectivity index (χ1) is 9.58. The zero-order valence-corrected chi connectivity index (χ0v) is 11.4. The summed E-state index contributed by atoms with van der Waals surface area (Å²) in [6.45, 7) is 1.55. The van der Waals surface area contributed by atoms with Crippen LogP contribution in [0, 0.1) is 0 Å². The molecule has 20 heavy (non-hydrogen) atoms. The number of hydrogen-bond acceptors (Lipinski definition) is 2. The van der Waals surface area contributed by atoms with Gasteiger partial charge in [0.15, 0.2) is 0 Å². The number of aliphatic hydroxyl groups excluding tert-OH is 1. The number of carboxylic acids is 1. The molecule has 0 aliphatic heterocycles. The van der Waals surface area contributed by atoms with Gasteiger partial charge in [0.05, 0.1) is 12.0 Å². The molecule has 0 aromatic heterocycles. The molecule has 3 nitrogen and oxygen atoms in total. The van der Waals surface area contributed by atoms with Crippen LogP contribution in [0.2, 0.25) is 0 Å². The van der Waals surface area contributed by atoms with Crippen molar-refractivity contribution in [3.8, 4) is 0 Å². The first-order valence-electron chi connectivity index (χ1n) is 6.54. The maximum absolute atomic E-state index is 11.8. The summed E-state index contributed by atoms with van der Waals surface area (Å²) in [6.07, 6.45) is 0.389. The summed E-state index contributed by atoms with van der Waals surface area (Å²) in [7, 11) is 0. The molecule has 0 saturated carbocycles. The molecule has 0 spiro atoms. The zero-order valence-electron chi connectivity index (χ0n) is 11.4. The Morgan fingerprint density at radius 1 is 1.05 bits per heavy atom. The molecule has 0 bridgehead atoms. The van der Waals surface area contributed by atoms with Crippen LogP contribution in [-0.4, -0.2) is 16.2 Å². The van der Waals surface area contributed by atoms with E-state index < -0.39 is 11.4 Å². The molecule has 2 rings (SSSR count). The van der Waals surface area contributed by atoms with E-state index in [1.807, 2.05) is 30.3 Å². The van der Waals surface area contributed by atoms with Crippen LogP contribution in [0.3, 0.4) is 0 Å². The predicted molar refractivity (Wildman–Crippen MR) is 77.5 cm³/mol. The molecule has 1 atom stereocenters. The predicted octanol–water partition coefficient (Wildman–Crippen LogP) is 2.76. The number of carbonyl (C=O) groups is 1. The van der Waals surface area contributed by atoms with Gasteiger partial charge in [-0.05, 0) is 30.0 Å². The fourth-order valence-electron chi connectivity index (χ4n) is 2.49. The summed E-state index contributed by atoms with van der Waals surface area (Å²) < 4.78 is 0. The second-order valence-electron chi connectivity index (χ2n) is 5.11. The number of rotatable bonds is 5. The molecule has 0 heterocycles. The molecular formula is C17H18O3. The smallest absolute Gasteiger partial charge is 0.314 e. The van der Waals surface area contributed by atoms with Crippen molar-refractivity contribution in [2.45, 2.75) is 25.4 Å². The molecule has 104 valence electrons. The Labute approximate surface area is 118 Å². The van der Waals surface area contributed by atoms with Crippen LogP contribution in [0.5, 0.6) is 0 Å². The van der Waals surface area contributed by atoms with Crippen molar-refractivity contribution < 1.29 is 15.0 Å². The van der Waals surface area contributed by atoms with Gasteiger partial charge in [-0.15, -0.1) is 0 Å². The van der Waals surface area contributed by atoms with Gasteiger partial charge in [0, 0.05) is 0 Å². The summed E-state index contributed by atoms with van der Waals surface area (Å²) in [4.78, 5) is 11.8. The Hall–Kier alpha value is -2.13. The van der Waals surface area contributed by atoms with E-state index >= 15 is 0 Å². The second-order valence-corrected chi connectivity index (χ2v) is 5.11. The number of aliphatic hydroxyl groups is 1. The van der Waals surface area contributed by atoms with Crippen molar-refractivity contribution in [2.24, 2.45) is 0 Å². The Kier molecular flexibility index (Phi) is 4.20. The van der Waals surface area contributed by atoms with Crippen LogP contribution >= 0.6 is 0 Å². The maximum Gasteiger partial charge on any atom is 0.314 e. The van der Waals surface area contributed by atoms with Gasteiger partial charge in [-0.2, -0.15) is 0 Å². The van der Waals surface area contributed by atoms with Gasteiger partial charge in [-0.3, -0.25) is 4.79 Å². The molecule has 2 aromatic carbocycles. The van der Waals surface area contributed by atoms with Gasteiger partial charge in [-0.1, -0.05) is 54.6 Å². The van der Waals surface area contributed by atoms with Gasteiger partial charge < -0.3 is 10.2 Å². The fraction of sp³-hybridized carbons (Fsp3) is 0.235. The third-order valence-corrected chi connectivity index (χ3v) is 3.65. The third-order valence-electron chi connectivity index (χ3n) is 3.65. The topological polar surface area (TPSA) is 57.5 Å². The van der Waals surface area contributed by atoms with Gasteiger partial charge in [0.2, 0.25) is 0 Å². The molecular weight excluding hydrogens is 252 g/mol. The highest BCUT2D eigenvalue weighted by atomic mass is 16.4. The van der Waals surface area contributed by atoms with Gasteiger partial charge in [0.1, 0.15) is 0 Å².